The molecule has 2 nitrogen and oxygen atoms in total. The number of carbonyl (C=O) groups excluding carboxylic acids is 1. The van der Waals surface area contributed by atoms with Crippen LogP contribution in [0.4, 0.5) is 13.2 Å². The number of carbonyl (C=O) groups is 1. The van der Waals surface area contributed by atoms with Crippen molar-refractivity contribution in [3.63, 3.8) is 0 Å². The molecule has 0 aliphatic carbocycles. The van der Waals surface area contributed by atoms with Crippen molar-refractivity contribution in [3.8, 4) is 0 Å². The molecular formula is C13H13ClF3NO. The van der Waals surface area contributed by atoms with E-state index in [9.17, 15) is 18.0 Å². The fourth-order valence-electron chi connectivity index (χ4n) is 2.39. The van der Waals surface area contributed by atoms with Gasteiger partial charge in [0.1, 0.15) is 0 Å². The van der Waals surface area contributed by atoms with Crippen molar-refractivity contribution in [3.05, 3.63) is 34.3 Å². The average molecular weight is 292 g/mol. The first-order chi connectivity index (χ1) is 8.79. The summed E-state index contributed by atoms with van der Waals surface area (Å²) in [7, 11) is 0. The van der Waals surface area contributed by atoms with Crippen molar-refractivity contribution in [2.45, 2.75) is 25.4 Å². The molecule has 1 heterocycles. The maximum Gasteiger partial charge on any atom is 0.471 e. The lowest BCUT2D eigenvalue weighted by Gasteiger charge is -2.23. The van der Waals surface area contributed by atoms with Crippen LogP contribution in [0.5, 0.6) is 0 Å². The number of hydrogen-bond acceptors (Lipinski definition) is 1. The van der Waals surface area contributed by atoms with Gasteiger partial charge in [0, 0.05) is 18.1 Å². The summed E-state index contributed by atoms with van der Waals surface area (Å²) in [6, 6.07) is 5.30. The lowest BCUT2D eigenvalue weighted by atomic mass is 9.95. The first kappa shape index (κ1) is 14.2. The highest BCUT2D eigenvalue weighted by Gasteiger charge is 2.43. The standard InChI is InChI=1S/C13H13ClF3NO/c1-8-7-18(12(19)13(15,16)17)5-4-9-2-3-10(14)6-11(8)9/h2-3,6,8H,4-5,7H2,1H3. The van der Waals surface area contributed by atoms with Crippen LogP contribution in [-0.2, 0) is 11.2 Å². The summed E-state index contributed by atoms with van der Waals surface area (Å²) in [4.78, 5) is 12.2. The molecule has 2 rings (SSSR count). The number of benzene rings is 1. The van der Waals surface area contributed by atoms with Crippen molar-refractivity contribution in [1.82, 2.24) is 4.90 Å². The van der Waals surface area contributed by atoms with E-state index in [1.54, 1.807) is 19.1 Å². The van der Waals surface area contributed by atoms with Crippen molar-refractivity contribution >= 4 is 17.5 Å². The Kier molecular flexibility index (Phi) is 3.76. The molecule has 0 bridgehead atoms. The second kappa shape index (κ2) is 5.04. The highest BCUT2D eigenvalue weighted by molar-refractivity contribution is 6.30. The van der Waals surface area contributed by atoms with E-state index < -0.39 is 12.1 Å². The molecule has 0 saturated heterocycles. The first-order valence-corrected chi connectivity index (χ1v) is 6.31. The third kappa shape index (κ3) is 3.03. The Morgan fingerprint density at radius 3 is 2.74 bits per heavy atom. The summed E-state index contributed by atoms with van der Waals surface area (Å²) >= 11 is 5.91. The minimum atomic E-state index is -4.81. The molecule has 0 aromatic heterocycles. The minimum absolute atomic E-state index is 0.0612. The molecule has 104 valence electrons. The van der Waals surface area contributed by atoms with Crippen molar-refractivity contribution < 1.29 is 18.0 Å². The quantitative estimate of drug-likeness (QED) is 0.717. The van der Waals surface area contributed by atoms with Gasteiger partial charge in [0.15, 0.2) is 0 Å². The van der Waals surface area contributed by atoms with Crippen LogP contribution < -0.4 is 0 Å². The summed E-state index contributed by atoms with van der Waals surface area (Å²) in [5, 5.41) is 0.557. The van der Waals surface area contributed by atoms with Gasteiger partial charge in [0.25, 0.3) is 0 Å². The molecule has 1 amide bonds. The molecule has 6 heteroatoms. The van der Waals surface area contributed by atoms with E-state index >= 15 is 0 Å². The molecule has 1 atom stereocenters. The number of rotatable bonds is 0. The summed E-state index contributed by atoms with van der Waals surface area (Å²) in [5.74, 6) is -1.93. The molecule has 0 N–H and O–H groups in total. The van der Waals surface area contributed by atoms with Crippen LogP contribution in [0, 0.1) is 0 Å². The number of halogens is 4. The van der Waals surface area contributed by atoms with Gasteiger partial charge in [-0.3, -0.25) is 4.79 Å². The van der Waals surface area contributed by atoms with Crippen molar-refractivity contribution in [1.29, 1.82) is 0 Å². The third-order valence-corrected chi connectivity index (χ3v) is 3.55. The fraction of sp³-hybridized carbons (Fsp3) is 0.462. The van der Waals surface area contributed by atoms with Gasteiger partial charge in [-0.05, 0) is 35.6 Å². The Hall–Kier alpha value is -1.23. The number of hydrogen-bond donors (Lipinski definition) is 0. The third-order valence-electron chi connectivity index (χ3n) is 3.31. The highest BCUT2D eigenvalue weighted by Crippen LogP contribution is 2.29. The van der Waals surface area contributed by atoms with E-state index in [2.05, 4.69) is 0 Å². The molecule has 1 aromatic carbocycles. The smallest absolute Gasteiger partial charge is 0.334 e. The fourth-order valence-corrected chi connectivity index (χ4v) is 2.57. The molecule has 0 saturated carbocycles. The van der Waals surface area contributed by atoms with Gasteiger partial charge < -0.3 is 4.90 Å². The summed E-state index contributed by atoms with van der Waals surface area (Å²) < 4.78 is 37.4. The summed E-state index contributed by atoms with van der Waals surface area (Å²) in [6.45, 7) is 1.94. The summed E-state index contributed by atoms with van der Waals surface area (Å²) in [5.41, 5.74) is 1.87. The SMILES string of the molecule is CC1CN(C(=O)C(F)(F)F)CCc2ccc(Cl)cc21. The van der Waals surface area contributed by atoms with Crippen LogP contribution in [0.2, 0.25) is 5.02 Å². The molecule has 0 spiro atoms. The summed E-state index contributed by atoms with van der Waals surface area (Å²) in [6.07, 6.45) is -4.40. The van der Waals surface area contributed by atoms with Gasteiger partial charge in [-0.1, -0.05) is 24.6 Å². The van der Waals surface area contributed by atoms with Crippen molar-refractivity contribution in [2.24, 2.45) is 0 Å². The largest absolute Gasteiger partial charge is 0.471 e. The monoisotopic (exact) mass is 291 g/mol. The molecular weight excluding hydrogens is 279 g/mol. The van der Waals surface area contributed by atoms with E-state index in [0.29, 0.717) is 11.4 Å². The zero-order valence-corrected chi connectivity index (χ0v) is 11.1. The maximum absolute atomic E-state index is 12.5. The van der Waals surface area contributed by atoms with E-state index in [1.807, 2.05) is 6.07 Å². The van der Waals surface area contributed by atoms with E-state index in [-0.39, 0.29) is 19.0 Å². The highest BCUT2D eigenvalue weighted by atomic mass is 35.5. The Morgan fingerprint density at radius 1 is 1.42 bits per heavy atom. The van der Waals surface area contributed by atoms with Gasteiger partial charge in [-0.15, -0.1) is 0 Å². The van der Waals surface area contributed by atoms with Gasteiger partial charge in [0.2, 0.25) is 0 Å². The van der Waals surface area contributed by atoms with Crippen LogP contribution in [0.3, 0.4) is 0 Å². The van der Waals surface area contributed by atoms with Crippen LogP contribution in [0.1, 0.15) is 24.0 Å². The van der Waals surface area contributed by atoms with Gasteiger partial charge in [-0.2, -0.15) is 13.2 Å². The van der Waals surface area contributed by atoms with E-state index in [1.165, 1.54) is 0 Å². The van der Waals surface area contributed by atoms with Gasteiger partial charge in [0.05, 0.1) is 0 Å². The van der Waals surface area contributed by atoms with Crippen LogP contribution in [-0.4, -0.2) is 30.1 Å². The lowest BCUT2D eigenvalue weighted by Crippen LogP contribution is -2.42. The average Bonchev–Trinajstić information content (AvgIpc) is 2.47. The van der Waals surface area contributed by atoms with E-state index in [0.717, 1.165) is 16.0 Å². The normalized spacial score (nSPS) is 19.8. The molecule has 0 radical (unpaired) electrons. The molecule has 1 aliphatic rings. The zero-order chi connectivity index (χ0) is 14.2. The molecule has 1 unspecified atom stereocenters. The second-order valence-electron chi connectivity index (χ2n) is 4.74. The number of amides is 1. The van der Waals surface area contributed by atoms with E-state index in [4.69, 9.17) is 11.6 Å². The van der Waals surface area contributed by atoms with Crippen LogP contribution >= 0.6 is 11.6 Å². The number of nitrogens with zero attached hydrogens (tertiary/aromatic N) is 1. The van der Waals surface area contributed by atoms with Crippen LogP contribution in [0.15, 0.2) is 18.2 Å². The van der Waals surface area contributed by atoms with Gasteiger partial charge >= 0.3 is 12.1 Å². The van der Waals surface area contributed by atoms with Crippen LogP contribution in [0.25, 0.3) is 0 Å². The molecule has 0 fully saturated rings. The van der Waals surface area contributed by atoms with Crippen molar-refractivity contribution in [2.75, 3.05) is 13.1 Å². The Labute approximate surface area is 114 Å². The lowest BCUT2D eigenvalue weighted by molar-refractivity contribution is -0.185. The molecule has 1 aromatic rings. The predicted molar refractivity (Wildman–Crippen MR) is 66.2 cm³/mol. The Bertz CT molecular complexity index is 501. The Morgan fingerprint density at radius 2 is 2.11 bits per heavy atom. The molecule has 1 aliphatic heterocycles. The second-order valence-corrected chi connectivity index (χ2v) is 5.18. The number of alkyl halides is 3. The van der Waals surface area contributed by atoms with Gasteiger partial charge in [-0.25, -0.2) is 0 Å². The minimum Gasteiger partial charge on any atom is -0.334 e. The topological polar surface area (TPSA) is 20.3 Å². The first-order valence-electron chi connectivity index (χ1n) is 5.93. The predicted octanol–water partition coefficient (Wildman–Crippen LogP) is 3.39. The zero-order valence-electron chi connectivity index (χ0n) is 10.3. The Balaban J connectivity index is 2.25. The number of fused-ring (bicyclic) bond motifs is 1. The molecule has 19 heavy (non-hydrogen) atoms. The maximum atomic E-state index is 12.5.